The first-order chi connectivity index (χ1) is 9.22. The van der Waals surface area contributed by atoms with Gasteiger partial charge in [-0.25, -0.2) is 0 Å². The third-order valence-corrected chi connectivity index (χ3v) is 3.89. The van der Waals surface area contributed by atoms with Crippen molar-refractivity contribution in [1.29, 1.82) is 0 Å². The molecule has 1 aromatic heterocycles. The fourth-order valence-corrected chi connectivity index (χ4v) is 2.52. The van der Waals surface area contributed by atoms with Gasteiger partial charge in [-0.1, -0.05) is 24.2 Å². The number of oxime groups is 1. The van der Waals surface area contributed by atoms with Crippen LogP contribution >= 0.6 is 11.3 Å². The standard InChI is InChI=1S/C14H16N2O2S/c1-2-12-6-7-13(19-12)9-18-11-5-3-4-10(8-11)14(15)16-17/h3-8,17H,2,9H2,1H3,(H2,15,16). The summed E-state index contributed by atoms with van der Waals surface area (Å²) in [7, 11) is 0. The predicted molar refractivity (Wildman–Crippen MR) is 77.0 cm³/mol. The maximum Gasteiger partial charge on any atom is 0.170 e. The third kappa shape index (κ3) is 3.48. The molecule has 0 aliphatic carbocycles. The van der Waals surface area contributed by atoms with Crippen LogP contribution in [-0.2, 0) is 13.0 Å². The molecule has 0 saturated carbocycles. The van der Waals surface area contributed by atoms with E-state index < -0.39 is 0 Å². The van der Waals surface area contributed by atoms with Crippen molar-refractivity contribution in [2.75, 3.05) is 0 Å². The van der Waals surface area contributed by atoms with Crippen molar-refractivity contribution in [2.45, 2.75) is 20.0 Å². The maximum atomic E-state index is 8.64. The number of rotatable bonds is 5. The fourth-order valence-electron chi connectivity index (χ4n) is 1.65. The van der Waals surface area contributed by atoms with Crippen molar-refractivity contribution in [3.05, 3.63) is 51.7 Å². The number of thiophene rings is 1. The molecular formula is C14H16N2O2S. The Labute approximate surface area is 116 Å². The number of hydrogen-bond donors (Lipinski definition) is 2. The first kappa shape index (κ1) is 13.4. The second-order valence-electron chi connectivity index (χ2n) is 4.02. The van der Waals surface area contributed by atoms with Gasteiger partial charge in [-0.2, -0.15) is 0 Å². The monoisotopic (exact) mass is 276 g/mol. The average Bonchev–Trinajstić information content (AvgIpc) is 2.92. The highest BCUT2D eigenvalue weighted by Gasteiger charge is 2.03. The molecule has 100 valence electrons. The minimum Gasteiger partial charge on any atom is -0.488 e. The molecule has 1 heterocycles. The molecule has 0 aliphatic heterocycles. The lowest BCUT2D eigenvalue weighted by molar-refractivity contribution is 0.309. The molecule has 0 unspecified atom stereocenters. The molecular weight excluding hydrogens is 260 g/mol. The fraction of sp³-hybridized carbons (Fsp3) is 0.214. The minimum atomic E-state index is 0.0786. The summed E-state index contributed by atoms with van der Waals surface area (Å²) in [5.74, 6) is 0.783. The van der Waals surface area contributed by atoms with E-state index in [1.807, 2.05) is 12.1 Å². The van der Waals surface area contributed by atoms with Crippen LogP contribution in [-0.4, -0.2) is 11.0 Å². The van der Waals surface area contributed by atoms with Gasteiger partial charge in [-0.3, -0.25) is 0 Å². The van der Waals surface area contributed by atoms with Crippen molar-refractivity contribution in [3.63, 3.8) is 0 Å². The molecule has 3 N–H and O–H groups in total. The van der Waals surface area contributed by atoms with Crippen molar-refractivity contribution in [3.8, 4) is 5.75 Å². The van der Waals surface area contributed by atoms with Crippen LogP contribution in [0.1, 0.15) is 22.2 Å². The molecule has 0 saturated heterocycles. The molecule has 0 aliphatic rings. The molecule has 5 heteroatoms. The van der Waals surface area contributed by atoms with E-state index in [1.54, 1.807) is 23.5 Å². The van der Waals surface area contributed by atoms with Crippen LogP contribution < -0.4 is 10.5 Å². The SMILES string of the molecule is CCc1ccc(COc2cccc(/C(N)=N/O)c2)s1. The topological polar surface area (TPSA) is 67.8 Å². The van der Waals surface area contributed by atoms with E-state index in [0.717, 1.165) is 6.42 Å². The van der Waals surface area contributed by atoms with Gasteiger partial charge in [0.05, 0.1) is 0 Å². The molecule has 0 atom stereocenters. The first-order valence-corrected chi connectivity index (χ1v) is 6.83. The number of aryl methyl sites for hydroxylation is 1. The van der Waals surface area contributed by atoms with Gasteiger partial charge in [0.2, 0.25) is 0 Å². The Morgan fingerprint density at radius 2 is 2.11 bits per heavy atom. The number of nitrogens with two attached hydrogens (primary N) is 1. The second-order valence-corrected chi connectivity index (χ2v) is 5.28. The summed E-state index contributed by atoms with van der Waals surface area (Å²) in [6.07, 6.45) is 1.05. The van der Waals surface area contributed by atoms with Crippen LogP contribution in [0.15, 0.2) is 41.6 Å². The molecule has 0 fully saturated rings. The largest absolute Gasteiger partial charge is 0.488 e. The number of hydrogen-bond acceptors (Lipinski definition) is 4. The van der Waals surface area contributed by atoms with Crippen LogP contribution in [0.2, 0.25) is 0 Å². The van der Waals surface area contributed by atoms with Crippen LogP contribution in [0.25, 0.3) is 0 Å². The molecule has 4 nitrogen and oxygen atoms in total. The van der Waals surface area contributed by atoms with Crippen molar-refractivity contribution < 1.29 is 9.94 Å². The van der Waals surface area contributed by atoms with Crippen molar-refractivity contribution in [2.24, 2.45) is 10.9 Å². The zero-order chi connectivity index (χ0) is 13.7. The molecule has 0 radical (unpaired) electrons. The predicted octanol–water partition coefficient (Wildman–Crippen LogP) is 2.98. The zero-order valence-corrected chi connectivity index (χ0v) is 11.5. The Morgan fingerprint density at radius 3 is 2.79 bits per heavy atom. The summed E-state index contributed by atoms with van der Waals surface area (Å²) in [6, 6.07) is 11.4. The molecule has 2 rings (SSSR count). The van der Waals surface area contributed by atoms with Gasteiger partial charge in [0.25, 0.3) is 0 Å². The summed E-state index contributed by atoms with van der Waals surface area (Å²) in [6.45, 7) is 2.67. The zero-order valence-electron chi connectivity index (χ0n) is 10.7. The lowest BCUT2D eigenvalue weighted by Gasteiger charge is -2.06. The van der Waals surface area contributed by atoms with Gasteiger partial charge in [0, 0.05) is 15.3 Å². The van der Waals surface area contributed by atoms with E-state index >= 15 is 0 Å². The Morgan fingerprint density at radius 1 is 1.32 bits per heavy atom. The first-order valence-electron chi connectivity index (χ1n) is 6.01. The normalized spacial score (nSPS) is 11.5. The number of benzene rings is 1. The van der Waals surface area contributed by atoms with E-state index in [2.05, 4.69) is 24.2 Å². The summed E-state index contributed by atoms with van der Waals surface area (Å²) in [5, 5.41) is 11.6. The van der Waals surface area contributed by atoms with Crippen LogP contribution in [0.4, 0.5) is 0 Å². The number of ether oxygens (including phenoxy) is 1. The van der Waals surface area contributed by atoms with E-state index in [0.29, 0.717) is 17.9 Å². The van der Waals surface area contributed by atoms with E-state index in [9.17, 15) is 0 Å². The summed E-state index contributed by atoms with van der Waals surface area (Å²) in [5.41, 5.74) is 6.18. The number of nitrogens with zero attached hydrogens (tertiary/aromatic N) is 1. The molecule has 1 aromatic carbocycles. The van der Waals surface area contributed by atoms with Crippen LogP contribution in [0.5, 0.6) is 5.75 Å². The summed E-state index contributed by atoms with van der Waals surface area (Å²) >= 11 is 1.75. The van der Waals surface area contributed by atoms with Gasteiger partial charge >= 0.3 is 0 Å². The molecule has 2 aromatic rings. The van der Waals surface area contributed by atoms with Crippen molar-refractivity contribution in [1.82, 2.24) is 0 Å². The van der Waals surface area contributed by atoms with E-state index in [4.69, 9.17) is 15.7 Å². The Bertz CT molecular complexity index is 578. The van der Waals surface area contributed by atoms with Crippen LogP contribution in [0, 0.1) is 0 Å². The number of amidine groups is 1. The average molecular weight is 276 g/mol. The molecule has 0 spiro atoms. The van der Waals surface area contributed by atoms with Crippen molar-refractivity contribution >= 4 is 17.2 Å². The Hall–Kier alpha value is -2.01. The molecule has 19 heavy (non-hydrogen) atoms. The third-order valence-electron chi connectivity index (χ3n) is 2.68. The highest BCUT2D eigenvalue weighted by atomic mass is 32.1. The van der Waals surface area contributed by atoms with E-state index in [1.165, 1.54) is 9.75 Å². The van der Waals surface area contributed by atoms with E-state index in [-0.39, 0.29) is 5.84 Å². The summed E-state index contributed by atoms with van der Waals surface area (Å²) in [4.78, 5) is 2.54. The van der Waals surface area contributed by atoms with Gasteiger partial charge in [0.1, 0.15) is 12.4 Å². The molecule has 0 bridgehead atoms. The molecule has 0 amide bonds. The second kappa shape index (κ2) is 6.24. The lowest BCUT2D eigenvalue weighted by atomic mass is 10.2. The summed E-state index contributed by atoms with van der Waals surface area (Å²) < 4.78 is 5.70. The van der Waals surface area contributed by atoms with Gasteiger partial charge in [0.15, 0.2) is 5.84 Å². The minimum absolute atomic E-state index is 0.0786. The lowest BCUT2D eigenvalue weighted by Crippen LogP contribution is -2.12. The Kier molecular flexibility index (Phi) is 4.41. The highest BCUT2D eigenvalue weighted by Crippen LogP contribution is 2.20. The van der Waals surface area contributed by atoms with Gasteiger partial charge in [-0.15, -0.1) is 11.3 Å². The smallest absolute Gasteiger partial charge is 0.170 e. The quantitative estimate of drug-likeness (QED) is 0.382. The Balaban J connectivity index is 2.03. The van der Waals surface area contributed by atoms with Crippen LogP contribution in [0.3, 0.4) is 0 Å². The maximum absolute atomic E-state index is 8.64. The van der Waals surface area contributed by atoms with Gasteiger partial charge < -0.3 is 15.7 Å². The van der Waals surface area contributed by atoms with Gasteiger partial charge in [-0.05, 0) is 30.7 Å². The highest BCUT2D eigenvalue weighted by molar-refractivity contribution is 7.11.